The molecule has 40 heavy (non-hydrogen) atoms. The van der Waals surface area contributed by atoms with Gasteiger partial charge in [0.25, 0.3) is 20.2 Å². The maximum absolute atomic E-state index is 12.1. The van der Waals surface area contributed by atoms with Crippen molar-refractivity contribution in [1.82, 2.24) is 4.98 Å². The van der Waals surface area contributed by atoms with Gasteiger partial charge in [-0.05, 0) is 47.9 Å². The predicted octanol–water partition coefficient (Wildman–Crippen LogP) is 6.12. The summed E-state index contributed by atoms with van der Waals surface area (Å²) in [6.45, 7) is 0. The quantitative estimate of drug-likeness (QED) is 0.134. The lowest BCUT2D eigenvalue weighted by Gasteiger charge is -2.11. The van der Waals surface area contributed by atoms with Gasteiger partial charge in [-0.25, -0.2) is 4.98 Å². The fourth-order valence-corrected chi connectivity index (χ4v) is 5.03. The van der Waals surface area contributed by atoms with Gasteiger partial charge in [-0.2, -0.15) is 16.8 Å². The van der Waals surface area contributed by atoms with E-state index in [1.165, 1.54) is 6.07 Å². The molecule has 0 aliphatic carbocycles. The number of hydrogen-bond donors (Lipinski definition) is 4. The Balaban J connectivity index is 1.59. The van der Waals surface area contributed by atoms with Crippen LogP contribution in [-0.2, 0) is 20.2 Å². The summed E-state index contributed by atoms with van der Waals surface area (Å²) in [7, 11) is -9.84. The summed E-state index contributed by atoms with van der Waals surface area (Å²) >= 11 is 0. The molecule has 5 rings (SSSR count). The molecule has 13 nitrogen and oxygen atoms in total. The zero-order valence-corrected chi connectivity index (χ0v) is 21.6. The molecule has 0 radical (unpaired) electrons. The van der Waals surface area contributed by atoms with Crippen LogP contribution < -0.4 is 0 Å². The zero-order chi connectivity index (χ0) is 28.7. The number of benzene rings is 4. The van der Waals surface area contributed by atoms with Gasteiger partial charge in [0.05, 0.1) is 15.8 Å². The SMILES string of the molecule is O=S(=O)(O)c1cc(O)c2c(O)c(/N=N/c3ccccc3/N=N/c3ccc4ccccc4n3)c(S(=O)(=O)O)cc2c1. The van der Waals surface area contributed by atoms with Crippen LogP contribution in [0.1, 0.15) is 0 Å². The van der Waals surface area contributed by atoms with Crippen molar-refractivity contribution in [2.24, 2.45) is 20.5 Å². The van der Waals surface area contributed by atoms with E-state index < -0.39 is 52.6 Å². The summed E-state index contributed by atoms with van der Waals surface area (Å²) in [4.78, 5) is 2.70. The molecule has 15 heteroatoms. The van der Waals surface area contributed by atoms with Crippen LogP contribution in [0.25, 0.3) is 21.7 Å². The Kier molecular flexibility index (Phi) is 6.72. The van der Waals surface area contributed by atoms with E-state index in [-0.39, 0.29) is 16.8 Å². The fraction of sp³-hybridized carbons (Fsp3) is 0. The van der Waals surface area contributed by atoms with E-state index >= 15 is 0 Å². The highest BCUT2D eigenvalue weighted by Crippen LogP contribution is 2.46. The number of azo groups is 2. The average molecular weight is 580 g/mol. The van der Waals surface area contributed by atoms with Gasteiger partial charge >= 0.3 is 0 Å². The van der Waals surface area contributed by atoms with E-state index in [2.05, 4.69) is 25.4 Å². The number of hydrogen-bond acceptors (Lipinski definition) is 11. The van der Waals surface area contributed by atoms with Gasteiger partial charge in [0, 0.05) is 11.5 Å². The highest BCUT2D eigenvalue weighted by Gasteiger charge is 2.25. The van der Waals surface area contributed by atoms with E-state index in [0.717, 1.165) is 17.5 Å². The van der Waals surface area contributed by atoms with Crippen molar-refractivity contribution in [1.29, 1.82) is 0 Å². The molecule has 0 atom stereocenters. The zero-order valence-electron chi connectivity index (χ0n) is 20.0. The fourth-order valence-electron chi connectivity index (χ4n) is 3.83. The minimum Gasteiger partial charge on any atom is -0.507 e. The number of phenolic OH excluding ortho intramolecular Hbond substituents is 2. The Hall–Kier alpha value is -4.83. The predicted molar refractivity (Wildman–Crippen MR) is 143 cm³/mol. The summed E-state index contributed by atoms with van der Waals surface area (Å²) in [6, 6.07) is 19.4. The number of aromatic nitrogens is 1. The highest BCUT2D eigenvalue weighted by atomic mass is 32.2. The van der Waals surface area contributed by atoms with Gasteiger partial charge in [0.2, 0.25) is 0 Å². The Morgan fingerprint density at radius 3 is 1.98 bits per heavy atom. The lowest BCUT2D eigenvalue weighted by molar-refractivity contribution is 0.457. The molecule has 1 aromatic heterocycles. The summed E-state index contributed by atoms with van der Waals surface area (Å²) in [6.07, 6.45) is 0. The van der Waals surface area contributed by atoms with Crippen molar-refractivity contribution >= 4 is 64.8 Å². The summed E-state index contributed by atoms with van der Waals surface area (Å²) in [5.74, 6) is -1.42. The molecule has 202 valence electrons. The first kappa shape index (κ1) is 26.8. The third-order valence-electron chi connectivity index (χ3n) is 5.66. The summed E-state index contributed by atoms with van der Waals surface area (Å²) in [5, 5.41) is 37.4. The lowest BCUT2D eigenvalue weighted by atomic mass is 10.1. The van der Waals surface area contributed by atoms with Gasteiger partial charge in [-0.3, -0.25) is 9.11 Å². The molecule has 0 fully saturated rings. The average Bonchev–Trinajstić information content (AvgIpc) is 2.90. The van der Waals surface area contributed by atoms with E-state index in [1.54, 1.807) is 24.3 Å². The second-order valence-corrected chi connectivity index (χ2v) is 11.1. The van der Waals surface area contributed by atoms with Gasteiger partial charge < -0.3 is 10.2 Å². The van der Waals surface area contributed by atoms with Crippen molar-refractivity contribution in [3.63, 3.8) is 0 Å². The molecule has 0 unspecified atom stereocenters. The molecule has 0 spiro atoms. The number of phenols is 2. The van der Waals surface area contributed by atoms with E-state index in [0.29, 0.717) is 17.4 Å². The van der Waals surface area contributed by atoms with Crippen molar-refractivity contribution in [2.45, 2.75) is 9.79 Å². The minimum absolute atomic E-state index is 0.0961. The Bertz CT molecular complexity index is 2100. The third kappa shape index (κ3) is 5.34. The van der Waals surface area contributed by atoms with Crippen LogP contribution in [0.2, 0.25) is 0 Å². The van der Waals surface area contributed by atoms with Crippen LogP contribution in [0.15, 0.2) is 109 Å². The van der Waals surface area contributed by atoms with Crippen molar-refractivity contribution in [3.8, 4) is 11.5 Å². The molecule has 1 heterocycles. The number of rotatable bonds is 6. The molecular formula is C25H17N5O8S2. The van der Waals surface area contributed by atoms with Crippen molar-refractivity contribution < 1.29 is 36.2 Å². The molecule has 0 amide bonds. The van der Waals surface area contributed by atoms with Gasteiger partial charge in [0.15, 0.2) is 11.6 Å². The van der Waals surface area contributed by atoms with Gasteiger partial charge in [-0.1, -0.05) is 30.3 Å². The third-order valence-corrected chi connectivity index (χ3v) is 7.36. The standard InChI is InChI=1S/C25H17N5O8S2/c31-20-13-16(39(33,34)35)11-15-12-21(40(36,37)38)24(25(32)23(15)20)30-28-19-8-4-3-7-18(19)27-29-22-10-9-14-5-1-2-6-17(14)26-22/h1-13,31-32H,(H,33,34,35)(H,36,37,38)/b29-27+,30-28+. The highest BCUT2D eigenvalue weighted by molar-refractivity contribution is 7.86. The Morgan fingerprint density at radius 1 is 0.650 bits per heavy atom. The largest absolute Gasteiger partial charge is 0.507 e. The second kappa shape index (κ2) is 10.0. The number of pyridine rings is 1. The number of nitrogens with zero attached hydrogens (tertiary/aromatic N) is 5. The van der Waals surface area contributed by atoms with E-state index in [1.807, 2.05) is 30.3 Å². The molecule has 0 aliphatic heterocycles. The second-order valence-electron chi connectivity index (χ2n) is 8.31. The monoisotopic (exact) mass is 579 g/mol. The molecule has 0 aliphatic rings. The summed E-state index contributed by atoms with van der Waals surface area (Å²) in [5.41, 5.74) is 0.269. The number of aromatic hydroxyl groups is 2. The number of para-hydroxylation sites is 1. The van der Waals surface area contributed by atoms with Crippen LogP contribution in [0.3, 0.4) is 0 Å². The Labute approximate surface area is 226 Å². The molecule has 0 saturated heterocycles. The van der Waals surface area contributed by atoms with E-state index in [4.69, 9.17) is 0 Å². The Morgan fingerprint density at radius 2 is 1.30 bits per heavy atom. The first-order chi connectivity index (χ1) is 18.9. The summed E-state index contributed by atoms with van der Waals surface area (Å²) < 4.78 is 66.4. The van der Waals surface area contributed by atoms with Gasteiger partial charge in [0.1, 0.15) is 27.7 Å². The molecule has 0 bridgehead atoms. The number of fused-ring (bicyclic) bond motifs is 2. The maximum atomic E-state index is 12.1. The maximum Gasteiger partial charge on any atom is 0.296 e. The van der Waals surface area contributed by atoms with Crippen LogP contribution >= 0.6 is 0 Å². The lowest BCUT2D eigenvalue weighted by Crippen LogP contribution is -2.01. The molecular weight excluding hydrogens is 562 g/mol. The van der Waals surface area contributed by atoms with E-state index in [9.17, 15) is 36.2 Å². The normalized spacial score (nSPS) is 12.7. The van der Waals surface area contributed by atoms with Crippen LogP contribution in [0, 0.1) is 0 Å². The first-order valence-electron chi connectivity index (χ1n) is 11.2. The van der Waals surface area contributed by atoms with Crippen LogP contribution in [-0.4, -0.2) is 41.1 Å². The molecule has 5 aromatic rings. The van der Waals surface area contributed by atoms with Crippen molar-refractivity contribution in [2.75, 3.05) is 0 Å². The molecule has 4 aromatic carbocycles. The topological polar surface area (TPSA) is 212 Å². The molecule has 0 saturated carbocycles. The van der Waals surface area contributed by atoms with Crippen LogP contribution in [0.4, 0.5) is 22.9 Å². The smallest absolute Gasteiger partial charge is 0.296 e. The first-order valence-corrected chi connectivity index (χ1v) is 14.1. The minimum atomic E-state index is -5.04. The van der Waals surface area contributed by atoms with Crippen molar-refractivity contribution in [3.05, 3.63) is 78.9 Å². The molecule has 4 N–H and O–H groups in total. The van der Waals surface area contributed by atoms with Crippen LogP contribution in [0.5, 0.6) is 11.5 Å². The van der Waals surface area contributed by atoms with Gasteiger partial charge in [-0.15, -0.1) is 20.5 Å².